The molecule has 0 radical (unpaired) electrons. The third-order valence-electron chi connectivity index (χ3n) is 17.3. The van der Waals surface area contributed by atoms with E-state index in [4.69, 9.17) is 9.97 Å². The molecule has 96 heavy (non-hydrogen) atoms. The second-order valence-electron chi connectivity index (χ2n) is 26.1. The Bertz CT molecular complexity index is 4970. The van der Waals surface area contributed by atoms with Crippen molar-refractivity contribution in [2.24, 2.45) is 0 Å². The number of para-hydroxylation sites is 1. The van der Waals surface area contributed by atoms with Crippen LogP contribution in [0.15, 0.2) is 224 Å². The minimum Gasteiger partial charge on any atom is -0.355 e. The summed E-state index contributed by atoms with van der Waals surface area (Å²) < 4.78 is 2.54. The number of hydrogen-bond donors (Lipinski definition) is 1. The van der Waals surface area contributed by atoms with Crippen LogP contribution in [0.5, 0.6) is 0 Å². The van der Waals surface area contributed by atoms with E-state index < -0.39 is 0 Å². The van der Waals surface area contributed by atoms with Crippen molar-refractivity contribution >= 4 is 95.0 Å². The Labute approximate surface area is 566 Å². The maximum Gasteiger partial charge on any atom is 0.0737 e. The fourth-order valence-electron chi connectivity index (χ4n) is 12.9. The molecule has 474 valence electrons. The van der Waals surface area contributed by atoms with Gasteiger partial charge in [-0.15, -0.1) is 0 Å². The van der Waals surface area contributed by atoms with E-state index in [9.17, 15) is 0 Å². The van der Waals surface area contributed by atoms with Crippen molar-refractivity contribution in [1.82, 2.24) is 39.1 Å². The summed E-state index contributed by atoms with van der Waals surface area (Å²) in [6.07, 6.45) is 26.8. The van der Waals surface area contributed by atoms with Gasteiger partial charge >= 0.3 is 0 Å². The molecule has 0 unspecified atom stereocenters. The van der Waals surface area contributed by atoms with E-state index in [0.29, 0.717) is 0 Å². The topological polar surface area (TPSA) is 59.5 Å². The third kappa shape index (κ3) is 15.2. The summed E-state index contributed by atoms with van der Waals surface area (Å²) in [6.45, 7) is 3.46. The van der Waals surface area contributed by atoms with E-state index in [2.05, 4.69) is 383 Å². The number of fused-ring (bicyclic) bond motifs is 8. The molecule has 0 spiro atoms. The van der Waals surface area contributed by atoms with Crippen LogP contribution in [0, 0.1) is 0 Å². The number of benzene rings is 8. The summed E-state index contributed by atoms with van der Waals surface area (Å²) in [5.41, 5.74) is 28.1. The Morgan fingerprint density at radius 3 is 1.09 bits per heavy atom. The Morgan fingerprint density at radius 1 is 0.323 bits per heavy atom. The molecule has 8 aromatic carbocycles. The van der Waals surface area contributed by atoms with Gasteiger partial charge in [-0.05, 0) is 201 Å². The van der Waals surface area contributed by atoms with Gasteiger partial charge in [0.15, 0.2) is 0 Å². The molecular formula is C88H82N8. The zero-order chi connectivity index (χ0) is 66.1. The highest BCUT2D eigenvalue weighted by Crippen LogP contribution is 2.50. The summed E-state index contributed by atoms with van der Waals surface area (Å²) in [4.78, 5) is 23.7. The average Bonchev–Trinajstić information content (AvgIpc) is 1.55. The lowest BCUT2D eigenvalue weighted by atomic mass is 9.88. The smallest absolute Gasteiger partial charge is 0.0737 e. The first-order chi connectivity index (χ1) is 46.8. The molecule has 0 amide bonds. The third-order valence-corrected chi connectivity index (χ3v) is 17.3. The van der Waals surface area contributed by atoms with Crippen LogP contribution in [-0.2, 0) is 26.2 Å². The van der Waals surface area contributed by atoms with Crippen LogP contribution in [0.1, 0.15) is 89.5 Å². The molecule has 5 heterocycles. The first kappa shape index (κ1) is 63.9. The van der Waals surface area contributed by atoms with Gasteiger partial charge in [-0.25, -0.2) is 9.97 Å². The zero-order valence-electron chi connectivity index (χ0n) is 56.2. The molecule has 8 nitrogen and oxygen atoms in total. The molecule has 0 fully saturated rings. The molecule has 8 heteroatoms. The Morgan fingerprint density at radius 2 is 0.667 bits per heavy atom. The van der Waals surface area contributed by atoms with Crippen molar-refractivity contribution in [3.63, 3.8) is 0 Å². The minimum atomic E-state index is 0.822. The Hall–Kier alpha value is -10.8. The molecule has 3 aromatic heterocycles. The molecule has 0 saturated heterocycles. The van der Waals surface area contributed by atoms with E-state index >= 15 is 0 Å². The summed E-state index contributed by atoms with van der Waals surface area (Å²) in [5.74, 6) is 0. The van der Waals surface area contributed by atoms with Crippen LogP contribution in [-0.4, -0.2) is 95.5 Å². The molecule has 2 aliphatic rings. The lowest BCUT2D eigenvalue weighted by Crippen LogP contribution is -2.10. The molecule has 1 N–H and O–H groups in total. The second kappa shape index (κ2) is 29.2. The highest BCUT2D eigenvalue weighted by Gasteiger charge is 2.29. The molecular weight excluding hydrogens is 1170 g/mol. The molecule has 0 atom stereocenters. The number of nitrogens with one attached hydrogen (secondary N) is 1. The van der Waals surface area contributed by atoms with Crippen molar-refractivity contribution in [2.75, 3.05) is 56.4 Å². The van der Waals surface area contributed by atoms with Crippen LogP contribution in [0.4, 0.5) is 0 Å². The predicted octanol–water partition coefficient (Wildman–Crippen LogP) is 20.0. The zero-order valence-corrected chi connectivity index (χ0v) is 56.2. The van der Waals surface area contributed by atoms with E-state index in [1.807, 2.05) is 0 Å². The van der Waals surface area contributed by atoms with Crippen LogP contribution < -0.4 is 0 Å². The van der Waals surface area contributed by atoms with Gasteiger partial charge in [0.2, 0.25) is 0 Å². The van der Waals surface area contributed by atoms with Crippen molar-refractivity contribution < 1.29 is 0 Å². The van der Waals surface area contributed by atoms with Crippen LogP contribution in [0.2, 0.25) is 0 Å². The van der Waals surface area contributed by atoms with Gasteiger partial charge in [0.1, 0.15) is 0 Å². The summed E-state index contributed by atoms with van der Waals surface area (Å²) in [6, 6.07) is 82.1. The number of aromatic amines is 1. The number of H-pyrrole nitrogens is 1. The van der Waals surface area contributed by atoms with Crippen molar-refractivity contribution in [2.45, 2.75) is 26.2 Å². The molecule has 2 aliphatic heterocycles. The average molecular weight is 1250 g/mol. The SMILES string of the molecule is CN(C)Cc1ccc(C=Cc2ccccc2-c2c(-c3ccccc3C=Cc3ccc(CN(C)C)cc3)c3c(-c4ccccc4C=Cc4ccc(CN(C)C)cc4)c4nc(cc5ccc(cc6nc(cc2n3-c2ccccc2C=Cc2ccc(CN(C)C)cc2)C=C6)[nH]5)C=C4)cc1. The monoisotopic (exact) mass is 1250 g/mol. The molecule has 13 rings (SSSR count). The van der Waals surface area contributed by atoms with E-state index in [-0.39, 0.29) is 0 Å². The maximum absolute atomic E-state index is 5.76. The lowest BCUT2D eigenvalue weighted by Gasteiger charge is -2.17. The highest BCUT2D eigenvalue weighted by atomic mass is 15.1. The van der Waals surface area contributed by atoms with Gasteiger partial charge in [0.05, 0.1) is 39.5 Å². The number of rotatable bonds is 20. The fraction of sp³-hybridized carbons (Fsp3) is 0.136. The van der Waals surface area contributed by atoms with E-state index in [1.54, 1.807) is 0 Å². The maximum atomic E-state index is 5.76. The van der Waals surface area contributed by atoms with E-state index in [1.165, 1.54) is 22.3 Å². The van der Waals surface area contributed by atoms with Gasteiger partial charge in [-0.1, -0.05) is 237 Å². The summed E-state index contributed by atoms with van der Waals surface area (Å²) >= 11 is 0. The summed E-state index contributed by atoms with van der Waals surface area (Å²) in [7, 11) is 16.9. The Balaban J connectivity index is 1.20. The van der Waals surface area contributed by atoms with Gasteiger partial charge in [-0.3, -0.25) is 0 Å². The molecule has 0 saturated carbocycles. The second-order valence-corrected chi connectivity index (χ2v) is 26.1. The van der Waals surface area contributed by atoms with Gasteiger partial charge in [-0.2, -0.15) is 0 Å². The predicted molar refractivity (Wildman–Crippen MR) is 411 cm³/mol. The normalized spacial score (nSPS) is 12.5. The number of aromatic nitrogens is 4. The Kier molecular flexibility index (Phi) is 19.4. The quantitative estimate of drug-likeness (QED) is 0.0768. The van der Waals surface area contributed by atoms with Crippen LogP contribution >= 0.6 is 0 Å². The largest absolute Gasteiger partial charge is 0.355 e. The van der Waals surface area contributed by atoms with Crippen LogP contribution in [0.3, 0.4) is 0 Å². The van der Waals surface area contributed by atoms with Gasteiger partial charge < -0.3 is 29.2 Å². The molecule has 0 aliphatic carbocycles. The molecule has 8 bridgehead atoms. The number of hydrogen-bond acceptors (Lipinski definition) is 6. The first-order valence-electron chi connectivity index (χ1n) is 33.0. The lowest BCUT2D eigenvalue weighted by molar-refractivity contribution is 0.402. The van der Waals surface area contributed by atoms with Crippen LogP contribution in [0.25, 0.3) is 134 Å². The van der Waals surface area contributed by atoms with Crippen molar-refractivity contribution in [3.05, 3.63) is 314 Å². The first-order valence-corrected chi connectivity index (χ1v) is 33.0. The highest BCUT2D eigenvalue weighted by molar-refractivity contribution is 6.14. The van der Waals surface area contributed by atoms with Crippen molar-refractivity contribution in [1.29, 1.82) is 0 Å². The van der Waals surface area contributed by atoms with Gasteiger partial charge in [0.25, 0.3) is 0 Å². The minimum absolute atomic E-state index is 0.822. The summed E-state index contributed by atoms with van der Waals surface area (Å²) in [5, 5.41) is 0. The van der Waals surface area contributed by atoms with Gasteiger partial charge in [0, 0.05) is 53.9 Å². The fourth-order valence-corrected chi connectivity index (χ4v) is 12.9. The van der Waals surface area contributed by atoms with Crippen molar-refractivity contribution in [3.8, 4) is 39.1 Å². The van der Waals surface area contributed by atoms with E-state index in [0.717, 1.165) is 155 Å². The number of nitrogens with zero attached hydrogens (tertiary/aromatic N) is 7. The molecule has 11 aromatic rings. The standard InChI is InChI=1S/C88H82N8/c1-92(2)58-66-33-25-62(26-34-66)41-45-70-17-9-13-21-79(70)85-82-54-53-77(91-82)56-76-50-49-74(89-76)55-75-51-52-78(90-75)57-84-86(80-22-14-10-18-71(80)46-42-63-27-35-67(36-28-63)59-93(3)4)87(81-23-15-11-19-72(81)47-43-64-29-37-68(38-30-64)60-94(5)6)88(85)96(84)83-24-16-12-20-73(83)48-44-65-31-39-69(40-32-65)61-95(7)8/h9-57,89H,58-61H2,1-8H3.